The number of alkyl halides is 3. The maximum absolute atomic E-state index is 14.2. The van der Waals surface area contributed by atoms with Crippen molar-refractivity contribution < 1.29 is 27.1 Å². The second-order valence-electron chi connectivity index (χ2n) is 10.5. The Morgan fingerprint density at radius 3 is 2.48 bits per heavy atom. The van der Waals surface area contributed by atoms with Crippen LogP contribution in [0.3, 0.4) is 0 Å². The number of thioether (sulfide) groups is 1. The molecule has 46 heavy (non-hydrogen) atoms. The summed E-state index contributed by atoms with van der Waals surface area (Å²) in [7, 11) is 0. The molecule has 1 aliphatic heterocycles. The topological polar surface area (TPSA) is 96.7 Å². The summed E-state index contributed by atoms with van der Waals surface area (Å²) in [5, 5.41) is 4.93. The molecular weight excluding hydrogens is 643 g/mol. The van der Waals surface area contributed by atoms with Gasteiger partial charge < -0.3 is 4.74 Å². The molecule has 15 heteroatoms. The number of nitrogens with one attached hydrogen (secondary N) is 2. The van der Waals surface area contributed by atoms with Gasteiger partial charge in [-0.05, 0) is 72.1 Å². The largest absolute Gasteiger partial charge is 0.573 e. The summed E-state index contributed by atoms with van der Waals surface area (Å²) >= 11 is 6.69. The van der Waals surface area contributed by atoms with E-state index in [0.29, 0.717) is 28.8 Å². The number of carbonyl (C=O) groups is 1. The van der Waals surface area contributed by atoms with Crippen LogP contribution < -0.4 is 20.5 Å². The fourth-order valence-corrected chi connectivity index (χ4v) is 5.82. The number of hydrazine groups is 1. The lowest BCUT2D eigenvalue weighted by Gasteiger charge is -2.22. The Hall–Kier alpha value is -4.34. The molecule has 3 aromatic carbocycles. The Bertz CT molecular complexity index is 1740. The third-order valence-electron chi connectivity index (χ3n) is 6.98. The SMILES string of the molecule is CCC(NNC(=S)/N=C1\SCC(=O)N1c1cc(F)ccc1C(C)C)c1ccc(-c2ncn(-c3ccc(OC(F)(F)F)cc3)n2)cc1. The molecule has 1 aliphatic rings. The van der Waals surface area contributed by atoms with Crippen molar-refractivity contribution >= 4 is 45.9 Å². The predicted molar refractivity (Wildman–Crippen MR) is 173 cm³/mol. The first-order valence-corrected chi connectivity index (χ1v) is 15.6. The number of halogens is 4. The molecule has 0 aliphatic carbocycles. The second-order valence-corrected chi connectivity index (χ2v) is 11.8. The average molecular weight is 672 g/mol. The lowest BCUT2D eigenvalue weighted by atomic mass is 10.0. The molecule has 0 spiro atoms. The van der Waals surface area contributed by atoms with Crippen molar-refractivity contribution in [2.45, 2.75) is 45.5 Å². The van der Waals surface area contributed by atoms with Crippen molar-refractivity contribution in [3.63, 3.8) is 0 Å². The molecule has 1 atom stereocenters. The Morgan fingerprint density at radius 1 is 1.11 bits per heavy atom. The first-order chi connectivity index (χ1) is 21.9. The highest BCUT2D eigenvalue weighted by atomic mass is 32.2. The molecule has 9 nitrogen and oxygen atoms in total. The van der Waals surface area contributed by atoms with Gasteiger partial charge in [-0.2, -0.15) is 4.99 Å². The molecule has 1 unspecified atom stereocenters. The van der Waals surface area contributed by atoms with E-state index in [1.165, 1.54) is 64.1 Å². The lowest BCUT2D eigenvalue weighted by molar-refractivity contribution is -0.274. The zero-order valence-electron chi connectivity index (χ0n) is 24.9. The number of hydrogen-bond donors (Lipinski definition) is 2. The number of anilines is 1. The van der Waals surface area contributed by atoms with Crippen LogP contribution in [0, 0.1) is 5.82 Å². The highest BCUT2D eigenvalue weighted by molar-refractivity contribution is 8.15. The predicted octanol–water partition coefficient (Wildman–Crippen LogP) is 7.06. The van der Waals surface area contributed by atoms with Crippen LogP contribution in [0.2, 0.25) is 0 Å². The van der Waals surface area contributed by atoms with Crippen LogP contribution >= 0.6 is 24.0 Å². The van der Waals surface area contributed by atoms with Crippen molar-refractivity contribution in [3.8, 4) is 22.8 Å². The molecule has 0 radical (unpaired) electrons. The fraction of sp³-hybridized carbons (Fsp3) is 0.258. The first-order valence-electron chi connectivity index (χ1n) is 14.2. The fourth-order valence-electron chi connectivity index (χ4n) is 4.75. The van der Waals surface area contributed by atoms with E-state index in [9.17, 15) is 22.4 Å². The summed E-state index contributed by atoms with van der Waals surface area (Å²) in [5.74, 6) is -0.305. The number of carbonyl (C=O) groups excluding carboxylic acids is 1. The minimum atomic E-state index is -4.77. The quantitative estimate of drug-likeness (QED) is 0.111. The van der Waals surface area contributed by atoms with E-state index in [1.54, 1.807) is 6.07 Å². The molecule has 0 saturated carbocycles. The van der Waals surface area contributed by atoms with Gasteiger partial charge in [0.05, 0.1) is 23.2 Å². The van der Waals surface area contributed by atoms with Crippen molar-refractivity contribution in [2.75, 3.05) is 10.7 Å². The van der Waals surface area contributed by atoms with Crippen molar-refractivity contribution in [1.82, 2.24) is 25.6 Å². The third-order valence-corrected chi connectivity index (χ3v) is 8.09. The van der Waals surface area contributed by atoms with Gasteiger partial charge >= 0.3 is 6.36 Å². The summed E-state index contributed by atoms with van der Waals surface area (Å²) in [4.78, 5) is 23.0. The maximum Gasteiger partial charge on any atom is 0.573 e. The number of aliphatic imine (C=N–C) groups is 1. The lowest BCUT2D eigenvalue weighted by Crippen LogP contribution is -2.39. The number of amides is 1. The molecule has 2 heterocycles. The second kappa shape index (κ2) is 14.0. The van der Waals surface area contributed by atoms with Crippen molar-refractivity contribution in [2.24, 2.45) is 4.99 Å². The van der Waals surface area contributed by atoms with E-state index in [4.69, 9.17) is 12.2 Å². The molecular formula is C31H29F4N7O2S2. The summed E-state index contributed by atoms with van der Waals surface area (Å²) < 4.78 is 56.9. The van der Waals surface area contributed by atoms with Crippen LogP contribution in [-0.4, -0.2) is 43.1 Å². The number of thiocarbonyl (C=S) groups is 1. The van der Waals surface area contributed by atoms with Crippen LogP contribution in [-0.2, 0) is 4.79 Å². The van der Waals surface area contributed by atoms with Crippen LogP contribution in [0.5, 0.6) is 5.75 Å². The van der Waals surface area contributed by atoms with Gasteiger partial charge in [0, 0.05) is 5.56 Å². The van der Waals surface area contributed by atoms with Gasteiger partial charge in [0.2, 0.25) is 11.0 Å². The zero-order chi connectivity index (χ0) is 33.0. The molecule has 1 aromatic heterocycles. The van der Waals surface area contributed by atoms with E-state index in [1.807, 2.05) is 45.0 Å². The van der Waals surface area contributed by atoms with E-state index < -0.39 is 12.2 Å². The maximum atomic E-state index is 14.2. The summed E-state index contributed by atoms with van der Waals surface area (Å²) in [6.45, 7) is 5.95. The van der Waals surface area contributed by atoms with Gasteiger partial charge in [-0.3, -0.25) is 15.1 Å². The van der Waals surface area contributed by atoms with E-state index in [-0.39, 0.29) is 34.5 Å². The molecule has 1 saturated heterocycles. The van der Waals surface area contributed by atoms with Gasteiger partial charge in [-0.1, -0.05) is 62.9 Å². The van der Waals surface area contributed by atoms with Gasteiger partial charge in [-0.25, -0.2) is 19.5 Å². The molecule has 1 fully saturated rings. The van der Waals surface area contributed by atoms with Crippen LogP contribution in [0.15, 0.2) is 78.0 Å². The van der Waals surface area contributed by atoms with Crippen LogP contribution in [0.1, 0.15) is 50.3 Å². The number of ether oxygens (including phenoxy) is 1. The Balaban J connectivity index is 1.23. The number of hydrogen-bond acceptors (Lipinski definition) is 7. The van der Waals surface area contributed by atoms with Gasteiger partial charge in [0.15, 0.2) is 11.0 Å². The Kier molecular flexibility index (Phi) is 10.0. The Labute approximate surface area is 272 Å². The van der Waals surface area contributed by atoms with Gasteiger partial charge in [-0.15, -0.1) is 18.3 Å². The molecule has 2 N–H and O–H groups in total. The van der Waals surface area contributed by atoms with Crippen LogP contribution in [0.25, 0.3) is 17.1 Å². The summed E-state index contributed by atoms with van der Waals surface area (Å²) in [6, 6.07) is 17.1. The highest BCUT2D eigenvalue weighted by Gasteiger charge is 2.33. The number of rotatable bonds is 9. The minimum absolute atomic E-state index is 0.0627. The highest BCUT2D eigenvalue weighted by Crippen LogP contribution is 2.34. The normalized spacial score (nSPS) is 15.1. The average Bonchev–Trinajstić information content (AvgIpc) is 3.64. The minimum Gasteiger partial charge on any atom is -0.406 e. The van der Waals surface area contributed by atoms with Crippen molar-refractivity contribution in [3.05, 3.63) is 90.0 Å². The number of nitrogens with zero attached hydrogens (tertiary/aromatic N) is 5. The van der Waals surface area contributed by atoms with Gasteiger partial charge in [0.25, 0.3) is 0 Å². The summed E-state index contributed by atoms with van der Waals surface area (Å²) in [6.07, 6.45) is -2.59. The Morgan fingerprint density at radius 2 is 1.83 bits per heavy atom. The first kappa shape index (κ1) is 33.0. The number of amidine groups is 1. The van der Waals surface area contributed by atoms with E-state index in [0.717, 1.165) is 16.7 Å². The molecule has 1 amide bonds. The zero-order valence-corrected chi connectivity index (χ0v) is 26.5. The number of aromatic nitrogens is 3. The molecule has 0 bridgehead atoms. The smallest absolute Gasteiger partial charge is 0.406 e. The van der Waals surface area contributed by atoms with Gasteiger partial charge in [0.1, 0.15) is 17.9 Å². The molecule has 240 valence electrons. The molecule has 5 rings (SSSR count). The molecule has 4 aromatic rings. The third kappa shape index (κ3) is 7.89. The monoisotopic (exact) mass is 671 g/mol. The van der Waals surface area contributed by atoms with E-state index in [2.05, 4.69) is 30.7 Å². The summed E-state index contributed by atoms with van der Waals surface area (Å²) in [5.41, 5.74) is 9.62. The standard InChI is InChI=1S/C31H29F4N7O2S2/c1-4-25(38-39-29(45)37-30-42(27(43)16-46-30)26-15-21(32)9-14-24(26)18(2)3)19-5-7-20(8-6-19)28-36-17-41(40-28)22-10-12-23(13-11-22)44-31(33,34)35/h5-15,17-18,25,38H,4,16H2,1-3H3,(H,39,45)/b37-30-. The van der Waals surface area contributed by atoms with Crippen LogP contribution in [0.4, 0.5) is 23.2 Å². The number of benzene rings is 3. The van der Waals surface area contributed by atoms with E-state index >= 15 is 0 Å². The van der Waals surface area contributed by atoms with Crippen molar-refractivity contribution in [1.29, 1.82) is 0 Å².